The normalized spacial score (nSPS) is 22.8. The Bertz CT molecular complexity index is 715. The first kappa shape index (κ1) is 16.2. The van der Waals surface area contributed by atoms with E-state index in [0.29, 0.717) is 30.6 Å². The van der Waals surface area contributed by atoms with Crippen LogP contribution >= 0.6 is 0 Å². The molecule has 0 radical (unpaired) electrons. The Morgan fingerprint density at radius 1 is 1.35 bits per heavy atom. The van der Waals surface area contributed by atoms with Gasteiger partial charge in [-0.1, -0.05) is 0 Å². The zero-order valence-electron chi connectivity index (χ0n) is 13.4. The highest BCUT2D eigenvalue weighted by Crippen LogP contribution is 2.24. The number of aromatic nitrogens is 2. The van der Waals surface area contributed by atoms with Crippen molar-refractivity contribution in [1.29, 1.82) is 0 Å². The van der Waals surface area contributed by atoms with E-state index >= 15 is 0 Å². The maximum absolute atomic E-state index is 12.8. The molecule has 1 aromatic rings. The van der Waals surface area contributed by atoms with Crippen LogP contribution in [0.3, 0.4) is 0 Å². The molecule has 0 bridgehead atoms. The minimum atomic E-state index is -3.03. The molecule has 7 nitrogen and oxygen atoms in total. The summed E-state index contributed by atoms with van der Waals surface area (Å²) in [7, 11) is -3.03. The van der Waals surface area contributed by atoms with Crippen molar-refractivity contribution in [3.63, 3.8) is 0 Å². The van der Waals surface area contributed by atoms with Gasteiger partial charge in [0.15, 0.2) is 9.84 Å². The van der Waals surface area contributed by atoms with Crippen LogP contribution in [0.25, 0.3) is 0 Å². The van der Waals surface area contributed by atoms with E-state index < -0.39 is 9.84 Å². The van der Waals surface area contributed by atoms with Crippen molar-refractivity contribution in [2.24, 2.45) is 0 Å². The third-order valence-electron chi connectivity index (χ3n) is 4.23. The summed E-state index contributed by atoms with van der Waals surface area (Å²) in [6.07, 6.45) is 2.70. The van der Waals surface area contributed by atoms with Gasteiger partial charge in [0.05, 0.1) is 11.5 Å². The molecule has 2 fully saturated rings. The largest absolute Gasteiger partial charge is 0.351 e. The van der Waals surface area contributed by atoms with E-state index in [1.165, 1.54) is 0 Å². The van der Waals surface area contributed by atoms with E-state index in [2.05, 4.69) is 15.3 Å². The minimum absolute atomic E-state index is 0.0455. The van der Waals surface area contributed by atoms with Gasteiger partial charge in [-0.15, -0.1) is 0 Å². The summed E-state index contributed by atoms with van der Waals surface area (Å²) in [5.41, 5.74) is 1.05. The number of carbonyl (C=O) groups excluding carboxylic acids is 1. The van der Waals surface area contributed by atoms with Gasteiger partial charge in [-0.25, -0.2) is 18.4 Å². The SMILES string of the molecule is CCN(C(=O)c1cc(C)nc(NC2CC2)n1)C1CCS(=O)(=O)C1. The molecule has 23 heavy (non-hydrogen) atoms. The standard InChI is InChI=1S/C15H22N4O3S/c1-3-19(12-6-7-23(21,22)9-12)14(20)13-8-10(2)16-15(18-13)17-11-4-5-11/h8,11-12H,3-7,9H2,1-2H3,(H,16,17,18). The van der Waals surface area contributed by atoms with E-state index in [4.69, 9.17) is 0 Å². The van der Waals surface area contributed by atoms with Gasteiger partial charge in [0.25, 0.3) is 5.91 Å². The smallest absolute Gasteiger partial charge is 0.272 e. The summed E-state index contributed by atoms with van der Waals surface area (Å²) in [4.78, 5) is 23.1. The molecule has 3 rings (SSSR count). The molecule has 1 aliphatic heterocycles. The molecule has 1 amide bonds. The van der Waals surface area contributed by atoms with Crippen molar-refractivity contribution in [1.82, 2.24) is 14.9 Å². The monoisotopic (exact) mass is 338 g/mol. The van der Waals surface area contributed by atoms with Crippen LogP contribution in [0.4, 0.5) is 5.95 Å². The van der Waals surface area contributed by atoms with E-state index in [1.807, 2.05) is 13.8 Å². The minimum Gasteiger partial charge on any atom is -0.351 e. The molecule has 1 unspecified atom stereocenters. The van der Waals surface area contributed by atoms with Crippen LogP contribution in [0.15, 0.2) is 6.07 Å². The average molecular weight is 338 g/mol. The van der Waals surface area contributed by atoms with Crippen LogP contribution < -0.4 is 5.32 Å². The van der Waals surface area contributed by atoms with Gasteiger partial charge in [0.1, 0.15) is 5.69 Å². The molecule has 2 aliphatic rings. The van der Waals surface area contributed by atoms with Crippen LogP contribution in [-0.4, -0.2) is 59.3 Å². The molecule has 1 saturated heterocycles. The first-order valence-corrected chi connectivity index (χ1v) is 9.83. The average Bonchev–Trinajstić information content (AvgIpc) is 3.21. The number of nitrogens with one attached hydrogen (secondary N) is 1. The lowest BCUT2D eigenvalue weighted by atomic mass is 10.2. The fraction of sp³-hybridized carbons (Fsp3) is 0.667. The van der Waals surface area contributed by atoms with Gasteiger partial charge in [-0.2, -0.15) is 0 Å². The Morgan fingerprint density at radius 3 is 2.65 bits per heavy atom. The first-order valence-electron chi connectivity index (χ1n) is 8.01. The summed E-state index contributed by atoms with van der Waals surface area (Å²) in [5, 5.41) is 3.20. The van der Waals surface area contributed by atoms with E-state index in [-0.39, 0.29) is 23.5 Å². The third kappa shape index (κ3) is 3.80. The summed E-state index contributed by atoms with van der Waals surface area (Å²) >= 11 is 0. The second-order valence-electron chi connectivity index (χ2n) is 6.28. The zero-order valence-corrected chi connectivity index (χ0v) is 14.3. The molecule has 0 aromatic carbocycles. The predicted molar refractivity (Wildman–Crippen MR) is 87.2 cm³/mol. The van der Waals surface area contributed by atoms with Gasteiger partial charge in [0, 0.05) is 24.3 Å². The lowest BCUT2D eigenvalue weighted by Gasteiger charge is -2.26. The zero-order chi connectivity index (χ0) is 16.6. The van der Waals surface area contributed by atoms with Crippen molar-refractivity contribution in [2.45, 2.75) is 45.2 Å². The van der Waals surface area contributed by atoms with Crippen molar-refractivity contribution in [3.05, 3.63) is 17.5 Å². The Balaban J connectivity index is 1.81. The fourth-order valence-corrected chi connectivity index (χ4v) is 4.62. The number of carbonyl (C=O) groups is 1. The summed E-state index contributed by atoms with van der Waals surface area (Å²) in [6, 6.07) is 1.81. The van der Waals surface area contributed by atoms with Gasteiger partial charge in [-0.3, -0.25) is 4.79 Å². The number of amides is 1. The van der Waals surface area contributed by atoms with Crippen LogP contribution in [0, 0.1) is 6.92 Å². The number of rotatable bonds is 5. The van der Waals surface area contributed by atoms with Crippen LogP contribution in [0.5, 0.6) is 0 Å². The lowest BCUT2D eigenvalue weighted by molar-refractivity contribution is 0.0702. The topological polar surface area (TPSA) is 92.3 Å². The molecular formula is C15H22N4O3S. The highest BCUT2D eigenvalue weighted by Gasteiger charge is 2.35. The molecule has 0 spiro atoms. The van der Waals surface area contributed by atoms with Crippen molar-refractivity contribution in [3.8, 4) is 0 Å². The summed E-state index contributed by atoms with van der Waals surface area (Å²) in [5.74, 6) is 0.452. The Labute approximate surface area is 136 Å². The van der Waals surface area contributed by atoms with Crippen LogP contribution in [0.2, 0.25) is 0 Å². The van der Waals surface area contributed by atoms with E-state index in [1.54, 1.807) is 11.0 Å². The number of aryl methyl sites for hydroxylation is 1. The van der Waals surface area contributed by atoms with Gasteiger partial charge in [0.2, 0.25) is 5.95 Å². The Hall–Kier alpha value is -1.70. The van der Waals surface area contributed by atoms with Gasteiger partial charge in [-0.05, 0) is 39.2 Å². The molecule has 1 saturated carbocycles. The summed E-state index contributed by atoms with van der Waals surface area (Å²) in [6.45, 7) is 4.15. The molecule has 1 aliphatic carbocycles. The van der Waals surface area contributed by atoms with E-state index in [0.717, 1.165) is 18.5 Å². The third-order valence-corrected chi connectivity index (χ3v) is 5.98. The maximum atomic E-state index is 12.8. The predicted octanol–water partition coefficient (Wildman–Crippen LogP) is 1.01. The highest BCUT2D eigenvalue weighted by atomic mass is 32.2. The molecule has 1 N–H and O–H groups in total. The number of hydrogen-bond donors (Lipinski definition) is 1. The fourth-order valence-electron chi connectivity index (χ4n) is 2.89. The molecule has 8 heteroatoms. The van der Waals surface area contributed by atoms with Crippen LogP contribution in [-0.2, 0) is 9.84 Å². The number of anilines is 1. The number of hydrogen-bond acceptors (Lipinski definition) is 6. The highest BCUT2D eigenvalue weighted by molar-refractivity contribution is 7.91. The van der Waals surface area contributed by atoms with Gasteiger partial charge < -0.3 is 10.2 Å². The van der Waals surface area contributed by atoms with E-state index in [9.17, 15) is 13.2 Å². The molecule has 2 heterocycles. The second-order valence-corrected chi connectivity index (χ2v) is 8.51. The van der Waals surface area contributed by atoms with Crippen molar-refractivity contribution in [2.75, 3.05) is 23.4 Å². The quantitative estimate of drug-likeness (QED) is 0.861. The lowest BCUT2D eigenvalue weighted by Crippen LogP contribution is -2.41. The van der Waals surface area contributed by atoms with Crippen molar-refractivity contribution >= 4 is 21.7 Å². The number of nitrogens with zero attached hydrogens (tertiary/aromatic N) is 3. The second kappa shape index (κ2) is 6.07. The molecular weight excluding hydrogens is 316 g/mol. The molecule has 126 valence electrons. The Kier molecular flexibility index (Phi) is 4.27. The maximum Gasteiger partial charge on any atom is 0.272 e. The van der Waals surface area contributed by atoms with Gasteiger partial charge >= 0.3 is 0 Å². The molecule has 1 aromatic heterocycles. The molecule has 1 atom stereocenters. The van der Waals surface area contributed by atoms with Crippen LogP contribution in [0.1, 0.15) is 42.4 Å². The summed E-state index contributed by atoms with van der Waals surface area (Å²) < 4.78 is 23.4. The van der Waals surface area contributed by atoms with Crippen molar-refractivity contribution < 1.29 is 13.2 Å². The first-order chi connectivity index (χ1) is 10.9. The number of sulfone groups is 1. The Morgan fingerprint density at radius 2 is 2.09 bits per heavy atom.